The number of nitrogens with zero attached hydrogens (tertiary/aromatic N) is 2. The lowest BCUT2D eigenvalue weighted by atomic mass is 9.76. The molecule has 0 bridgehead atoms. The van der Waals surface area contributed by atoms with Crippen molar-refractivity contribution in [2.24, 2.45) is 11.8 Å². The molecule has 0 aromatic carbocycles. The van der Waals surface area contributed by atoms with Gasteiger partial charge in [0.15, 0.2) is 0 Å². The van der Waals surface area contributed by atoms with E-state index in [4.69, 9.17) is 9.72 Å². The van der Waals surface area contributed by atoms with E-state index in [1.54, 1.807) is 13.2 Å². The number of allylic oxidation sites excluding steroid dienone is 6. The molecule has 4 aliphatic rings. The summed E-state index contributed by atoms with van der Waals surface area (Å²) in [4.78, 5) is 9.40. The minimum atomic E-state index is -0.600. The zero-order valence-corrected chi connectivity index (χ0v) is 16.8. The summed E-state index contributed by atoms with van der Waals surface area (Å²) in [5.74, 6) is 2.60. The second kappa shape index (κ2) is 7.53. The Morgan fingerprint density at radius 2 is 1.89 bits per heavy atom. The highest BCUT2D eigenvalue weighted by molar-refractivity contribution is 8.00. The van der Waals surface area contributed by atoms with Crippen molar-refractivity contribution in [1.29, 1.82) is 0 Å². The topological polar surface area (TPSA) is 55.2 Å². The molecule has 1 N–H and O–H groups in total. The molecule has 3 aliphatic carbocycles. The average molecular weight is 395 g/mol. The van der Waals surface area contributed by atoms with E-state index in [-0.39, 0.29) is 11.8 Å². The van der Waals surface area contributed by atoms with Crippen molar-refractivity contribution in [3.8, 4) is 5.88 Å². The number of methoxy groups -OCH3 is 1. The lowest BCUT2D eigenvalue weighted by Crippen LogP contribution is -2.25. The van der Waals surface area contributed by atoms with Gasteiger partial charge in [0.2, 0.25) is 5.88 Å². The van der Waals surface area contributed by atoms with Crippen LogP contribution in [0.1, 0.15) is 42.6 Å². The maximum absolute atomic E-state index is 10.3. The van der Waals surface area contributed by atoms with Crippen LogP contribution in [0.25, 0.3) is 0 Å². The number of aromatic nitrogens is 2. The van der Waals surface area contributed by atoms with Gasteiger partial charge in [0, 0.05) is 22.5 Å². The molecule has 146 valence electrons. The Kier molecular flexibility index (Phi) is 4.89. The van der Waals surface area contributed by atoms with Gasteiger partial charge < -0.3 is 9.84 Å². The monoisotopic (exact) mass is 394 g/mol. The van der Waals surface area contributed by atoms with Crippen LogP contribution in [0.15, 0.2) is 54.7 Å². The van der Waals surface area contributed by atoms with Gasteiger partial charge in [-0.15, -0.1) is 0 Å². The fourth-order valence-electron chi connectivity index (χ4n) is 4.94. The Bertz CT molecular complexity index is 862. The Hall–Kier alpha value is -1.85. The molecular formula is C23H26N2O2S. The van der Waals surface area contributed by atoms with Crippen LogP contribution in [-0.4, -0.2) is 38.8 Å². The third-order valence-corrected chi connectivity index (χ3v) is 8.17. The van der Waals surface area contributed by atoms with E-state index < -0.39 is 6.10 Å². The number of aliphatic hydroxyl groups is 1. The second-order valence-electron chi connectivity index (χ2n) is 8.08. The summed E-state index contributed by atoms with van der Waals surface area (Å²) in [7, 11) is 1.64. The first kappa shape index (κ1) is 18.2. The fourth-order valence-corrected chi connectivity index (χ4v) is 6.89. The summed E-state index contributed by atoms with van der Waals surface area (Å²) in [5, 5.41) is 11.8. The van der Waals surface area contributed by atoms with Gasteiger partial charge in [-0.1, -0.05) is 48.6 Å². The first-order valence-electron chi connectivity index (χ1n) is 10.2. The van der Waals surface area contributed by atoms with Gasteiger partial charge in [-0.25, -0.2) is 4.98 Å². The number of fused-ring (bicyclic) bond motifs is 3. The van der Waals surface area contributed by atoms with E-state index in [9.17, 15) is 5.11 Å². The van der Waals surface area contributed by atoms with Crippen molar-refractivity contribution < 1.29 is 9.84 Å². The van der Waals surface area contributed by atoms with Crippen molar-refractivity contribution in [1.82, 2.24) is 9.97 Å². The lowest BCUT2D eigenvalue weighted by Gasteiger charge is -2.28. The summed E-state index contributed by atoms with van der Waals surface area (Å²) in [6.45, 7) is 0. The summed E-state index contributed by atoms with van der Waals surface area (Å²) in [6, 6.07) is 1.96. The van der Waals surface area contributed by atoms with E-state index in [0.717, 1.165) is 17.4 Å². The molecule has 2 heterocycles. The third-order valence-electron chi connectivity index (χ3n) is 6.41. The first-order valence-corrected chi connectivity index (χ1v) is 11.1. The average Bonchev–Trinajstić information content (AvgIpc) is 3.11. The highest BCUT2D eigenvalue weighted by Gasteiger charge is 2.44. The normalized spacial score (nSPS) is 38.3. The van der Waals surface area contributed by atoms with E-state index in [0.29, 0.717) is 28.8 Å². The molecule has 1 aromatic heterocycles. The number of hydrogen-bond donors (Lipinski definition) is 1. The van der Waals surface area contributed by atoms with Gasteiger partial charge in [-0.2, -0.15) is 16.7 Å². The first-order chi connectivity index (χ1) is 13.7. The van der Waals surface area contributed by atoms with Gasteiger partial charge in [0.05, 0.1) is 24.8 Å². The van der Waals surface area contributed by atoms with E-state index in [2.05, 4.69) is 41.0 Å². The molecule has 1 aromatic rings. The van der Waals surface area contributed by atoms with Crippen LogP contribution in [0, 0.1) is 11.8 Å². The minimum Gasteiger partial charge on any atom is -0.481 e. The number of ether oxygens (including phenoxy) is 1. The molecule has 1 fully saturated rings. The van der Waals surface area contributed by atoms with Crippen LogP contribution < -0.4 is 4.74 Å². The largest absolute Gasteiger partial charge is 0.481 e. The summed E-state index contributed by atoms with van der Waals surface area (Å²) in [5.41, 5.74) is 0.998. The third kappa shape index (κ3) is 3.25. The van der Waals surface area contributed by atoms with Crippen LogP contribution >= 0.6 is 11.8 Å². The van der Waals surface area contributed by atoms with Crippen LogP contribution in [0.5, 0.6) is 5.88 Å². The van der Waals surface area contributed by atoms with Crippen molar-refractivity contribution in [2.75, 3.05) is 7.11 Å². The molecule has 1 saturated heterocycles. The van der Waals surface area contributed by atoms with Gasteiger partial charge in [0.25, 0.3) is 0 Å². The maximum Gasteiger partial charge on any atom is 0.216 e. The Morgan fingerprint density at radius 3 is 2.75 bits per heavy atom. The van der Waals surface area contributed by atoms with Crippen molar-refractivity contribution >= 4 is 11.8 Å². The van der Waals surface area contributed by atoms with Gasteiger partial charge >= 0.3 is 0 Å². The maximum atomic E-state index is 10.3. The predicted octanol–water partition coefficient (Wildman–Crippen LogP) is 4.17. The van der Waals surface area contributed by atoms with E-state index in [1.165, 1.54) is 12.8 Å². The lowest BCUT2D eigenvalue weighted by molar-refractivity contribution is 0.201. The summed E-state index contributed by atoms with van der Waals surface area (Å²) >= 11 is 2.18. The van der Waals surface area contributed by atoms with Crippen molar-refractivity contribution in [3.05, 3.63) is 66.2 Å². The van der Waals surface area contributed by atoms with E-state index in [1.807, 2.05) is 24.3 Å². The molecule has 7 unspecified atom stereocenters. The SMILES string of the molecule is COc1cc(C2C=CC3C(C2)SC2CCC=CC23)nc(C2C=CC=CC2O)n1. The molecule has 5 heteroatoms. The molecular weight excluding hydrogens is 368 g/mol. The van der Waals surface area contributed by atoms with Crippen LogP contribution in [-0.2, 0) is 0 Å². The molecule has 0 radical (unpaired) electrons. The summed E-state index contributed by atoms with van der Waals surface area (Å²) < 4.78 is 5.46. The fraction of sp³-hybridized carbons (Fsp3) is 0.478. The van der Waals surface area contributed by atoms with Crippen LogP contribution in [0.3, 0.4) is 0 Å². The minimum absolute atomic E-state index is 0.229. The van der Waals surface area contributed by atoms with Gasteiger partial charge in [0.1, 0.15) is 5.82 Å². The Labute approximate surface area is 170 Å². The highest BCUT2D eigenvalue weighted by atomic mass is 32.2. The predicted molar refractivity (Wildman–Crippen MR) is 113 cm³/mol. The molecule has 7 atom stereocenters. The standard InChI is InChI=1S/C23H26N2O2S/c1-27-22-13-18(24-23(25-22)17-7-2-4-8-19(17)26)14-10-11-16-15-6-3-5-9-20(15)28-21(16)12-14/h2-4,6-8,10-11,13-17,19-21,26H,5,9,12H2,1H3. The molecule has 4 nitrogen and oxygen atoms in total. The van der Waals surface area contributed by atoms with Gasteiger partial charge in [-0.05, 0) is 31.1 Å². The molecule has 1 aliphatic heterocycles. The summed E-state index contributed by atoms with van der Waals surface area (Å²) in [6.07, 6.45) is 20.2. The molecule has 0 amide bonds. The highest BCUT2D eigenvalue weighted by Crippen LogP contribution is 2.53. The van der Waals surface area contributed by atoms with E-state index >= 15 is 0 Å². The number of rotatable bonds is 3. The molecule has 5 rings (SSSR count). The quantitative estimate of drug-likeness (QED) is 0.780. The number of hydrogen-bond acceptors (Lipinski definition) is 5. The number of thioether (sulfide) groups is 1. The van der Waals surface area contributed by atoms with Crippen LogP contribution in [0.4, 0.5) is 0 Å². The zero-order valence-electron chi connectivity index (χ0n) is 16.0. The molecule has 0 saturated carbocycles. The molecule has 0 spiro atoms. The van der Waals surface area contributed by atoms with Crippen molar-refractivity contribution in [3.63, 3.8) is 0 Å². The van der Waals surface area contributed by atoms with Crippen molar-refractivity contribution in [2.45, 2.75) is 47.7 Å². The Balaban J connectivity index is 1.43. The Morgan fingerprint density at radius 1 is 1.04 bits per heavy atom. The zero-order chi connectivity index (χ0) is 19.1. The van der Waals surface area contributed by atoms with Crippen LogP contribution in [0.2, 0.25) is 0 Å². The number of aliphatic hydroxyl groups excluding tert-OH is 1. The second-order valence-corrected chi connectivity index (χ2v) is 9.56. The van der Waals surface area contributed by atoms with Gasteiger partial charge in [-0.3, -0.25) is 0 Å². The molecule has 28 heavy (non-hydrogen) atoms. The smallest absolute Gasteiger partial charge is 0.216 e.